The van der Waals surface area contributed by atoms with Gasteiger partial charge in [-0.05, 0) is 20.0 Å². The van der Waals surface area contributed by atoms with E-state index in [-0.39, 0.29) is 0 Å². The van der Waals surface area contributed by atoms with Crippen LogP contribution >= 0.6 is 11.3 Å². The monoisotopic (exact) mass is 212 g/mol. The van der Waals surface area contributed by atoms with Gasteiger partial charge >= 0.3 is 0 Å². The van der Waals surface area contributed by atoms with E-state index in [0.29, 0.717) is 0 Å². The van der Waals surface area contributed by atoms with Gasteiger partial charge in [-0.2, -0.15) is 0 Å². The zero-order chi connectivity index (χ0) is 10.6. The average molecular weight is 212 g/mol. The third-order valence-corrected chi connectivity index (χ3v) is 3.30. The fourth-order valence-electron chi connectivity index (χ4n) is 1.28. The summed E-state index contributed by atoms with van der Waals surface area (Å²) in [6.07, 6.45) is 0.888. The fourth-order valence-corrected chi connectivity index (χ4v) is 2.21. The Hall–Kier alpha value is -0.740. The van der Waals surface area contributed by atoms with E-state index in [1.807, 2.05) is 6.92 Å². The fraction of sp³-hybridized carbons (Fsp3) is 0.600. The number of thiazole rings is 1. The second-order valence-corrected chi connectivity index (χ2v) is 4.25. The van der Waals surface area contributed by atoms with Gasteiger partial charge in [-0.1, -0.05) is 13.8 Å². The molecule has 14 heavy (non-hydrogen) atoms. The molecule has 0 unspecified atom stereocenters. The average Bonchev–Trinajstić information content (AvgIpc) is 2.55. The van der Waals surface area contributed by atoms with Gasteiger partial charge in [0.2, 0.25) is 0 Å². The molecule has 1 heterocycles. The molecule has 0 saturated heterocycles. The molecule has 0 aliphatic rings. The molecule has 1 aromatic heterocycles. The number of aromatic nitrogens is 1. The first-order chi connectivity index (χ1) is 6.71. The molecule has 0 aliphatic heterocycles. The summed E-state index contributed by atoms with van der Waals surface area (Å²) in [5.74, 6) is 0. The highest BCUT2D eigenvalue weighted by atomic mass is 32.1. The van der Waals surface area contributed by atoms with E-state index in [4.69, 9.17) is 0 Å². The van der Waals surface area contributed by atoms with E-state index in [9.17, 15) is 4.79 Å². The van der Waals surface area contributed by atoms with Gasteiger partial charge in [-0.25, -0.2) is 4.98 Å². The molecule has 3 nitrogen and oxygen atoms in total. The smallest absolute Gasteiger partial charge is 0.161 e. The Bertz CT molecular complexity index is 305. The first kappa shape index (κ1) is 11.3. The highest BCUT2D eigenvalue weighted by Crippen LogP contribution is 2.17. The van der Waals surface area contributed by atoms with Crippen LogP contribution < -0.4 is 0 Å². The Balaban J connectivity index is 2.71. The summed E-state index contributed by atoms with van der Waals surface area (Å²) in [5.41, 5.74) is 0.854. The lowest BCUT2D eigenvalue weighted by Gasteiger charge is -2.15. The predicted molar refractivity (Wildman–Crippen MR) is 58.9 cm³/mol. The standard InChI is InChI=1S/C10H16N2OS/c1-4-12(5-2)6-10-11-8(3)9(7-13)14-10/h7H,4-6H2,1-3H3. The van der Waals surface area contributed by atoms with Gasteiger partial charge in [-0.3, -0.25) is 9.69 Å². The molecule has 0 atom stereocenters. The molecule has 0 aliphatic carbocycles. The van der Waals surface area contributed by atoms with Crippen LogP contribution in [0.5, 0.6) is 0 Å². The lowest BCUT2D eigenvalue weighted by atomic mass is 10.4. The van der Waals surface area contributed by atoms with Gasteiger partial charge in [0.25, 0.3) is 0 Å². The lowest BCUT2D eigenvalue weighted by Crippen LogP contribution is -2.21. The number of rotatable bonds is 5. The van der Waals surface area contributed by atoms with E-state index >= 15 is 0 Å². The Morgan fingerprint density at radius 2 is 2.07 bits per heavy atom. The second-order valence-electron chi connectivity index (χ2n) is 3.14. The zero-order valence-electron chi connectivity index (χ0n) is 8.91. The highest BCUT2D eigenvalue weighted by molar-refractivity contribution is 7.13. The van der Waals surface area contributed by atoms with Gasteiger partial charge in [0.15, 0.2) is 6.29 Å². The summed E-state index contributed by atoms with van der Waals surface area (Å²) in [6.45, 7) is 9.03. The van der Waals surface area contributed by atoms with Crippen LogP contribution in [0.1, 0.15) is 34.2 Å². The highest BCUT2D eigenvalue weighted by Gasteiger charge is 2.08. The molecular formula is C10H16N2OS. The number of aryl methyl sites for hydroxylation is 1. The number of aldehydes is 1. The van der Waals surface area contributed by atoms with Crippen LogP contribution in [0, 0.1) is 6.92 Å². The Kier molecular flexibility index (Phi) is 4.22. The molecule has 1 rings (SSSR count). The molecule has 0 radical (unpaired) electrons. The molecule has 0 amide bonds. The number of hydrogen-bond acceptors (Lipinski definition) is 4. The molecule has 0 N–H and O–H groups in total. The molecule has 0 bridgehead atoms. The van der Waals surface area contributed by atoms with Crippen molar-refractivity contribution in [2.45, 2.75) is 27.3 Å². The summed E-state index contributed by atoms with van der Waals surface area (Å²) in [6, 6.07) is 0. The van der Waals surface area contributed by atoms with Crippen molar-refractivity contribution < 1.29 is 4.79 Å². The van der Waals surface area contributed by atoms with Crippen molar-refractivity contribution in [3.63, 3.8) is 0 Å². The van der Waals surface area contributed by atoms with Crippen LogP contribution in [0.4, 0.5) is 0 Å². The lowest BCUT2D eigenvalue weighted by molar-refractivity contribution is 0.112. The minimum atomic E-state index is 0.757. The second kappa shape index (κ2) is 5.22. The van der Waals surface area contributed by atoms with Crippen LogP contribution in [0.2, 0.25) is 0 Å². The molecule has 0 saturated carbocycles. The van der Waals surface area contributed by atoms with E-state index in [0.717, 1.165) is 41.5 Å². The third kappa shape index (κ3) is 2.62. The Labute approximate surface area is 88.8 Å². The normalized spacial score (nSPS) is 10.9. The third-order valence-electron chi connectivity index (χ3n) is 2.24. The van der Waals surface area contributed by atoms with E-state index in [1.54, 1.807) is 0 Å². The Morgan fingerprint density at radius 1 is 1.43 bits per heavy atom. The number of nitrogens with zero attached hydrogens (tertiary/aromatic N) is 2. The number of carbonyl (C=O) groups is 1. The van der Waals surface area contributed by atoms with Crippen LogP contribution in [-0.4, -0.2) is 29.3 Å². The Morgan fingerprint density at radius 3 is 2.50 bits per heavy atom. The van der Waals surface area contributed by atoms with Gasteiger partial charge in [0, 0.05) is 0 Å². The van der Waals surface area contributed by atoms with E-state index in [1.165, 1.54) is 11.3 Å². The largest absolute Gasteiger partial charge is 0.297 e. The van der Waals surface area contributed by atoms with Crippen LogP contribution in [-0.2, 0) is 6.54 Å². The maximum absolute atomic E-state index is 10.6. The molecule has 4 heteroatoms. The SMILES string of the molecule is CCN(CC)Cc1nc(C)c(C=O)s1. The maximum atomic E-state index is 10.6. The topological polar surface area (TPSA) is 33.2 Å². The first-order valence-corrected chi connectivity index (χ1v) is 5.66. The van der Waals surface area contributed by atoms with Gasteiger partial charge in [0.1, 0.15) is 5.01 Å². The van der Waals surface area contributed by atoms with Crippen molar-refractivity contribution in [2.24, 2.45) is 0 Å². The van der Waals surface area contributed by atoms with Crippen molar-refractivity contribution in [3.05, 3.63) is 15.6 Å². The number of hydrogen-bond donors (Lipinski definition) is 0. The van der Waals surface area contributed by atoms with Gasteiger partial charge in [0.05, 0.1) is 17.1 Å². The van der Waals surface area contributed by atoms with Crippen LogP contribution in [0.25, 0.3) is 0 Å². The van der Waals surface area contributed by atoms with Crippen molar-refractivity contribution in [1.82, 2.24) is 9.88 Å². The molecule has 78 valence electrons. The van der Waals surface area contributed by atoms with Crippen LogP contribution in [0.3, 0.4) is 0 Å². The van der Waals surface area contributed by atoms with Crippen molar-refractivity contribution in [3.8, 4) is 0 Å². The molecule has 0 spiro atoms. The number of carbonyl (C=O) groups excluding carboxylic acids is 1. The van der Waals surface area contributed by atoms with E-state index < -0.39 is 0 Å². The summed E-state index contributed by atoms with van der Waals surface area (Å²) in [7, 11) is 0. The quantitative estimate of drug-likeness (QED) is 0.701. The molecule has 1 aromatic rings. The van der Waals surface area contributed by atoms with Gasteiger partial charge in [-0.15, -0.1) is 11.3 Å². The summed E-state index contributed by atoms with van der Waals surface area (Å²) in [4.78, 5) is 18.0. The van der Waals surface area contributed by atoms with Crippen molar-refractivity contribution in [2.75, 3.05) is 13.1 Å². The minimum Gasteiger partial charge on any atom is -0.297 e. The van der Waals surface area contributed by atoms with Gasteiger partial charge < -0.3 is 0 Å². The van der Waals surface area contributed by atoms with Crippen molar-refractivity contribution >= 4 is 17.6 Å². The summed E-state index contributed by atoms with van der Waals surface area (Å²) in [5, 5.41) is 1.04. The zero-order valence-corrected chi connectivity index (χ0v) is 9.73. The molecule has 0 fully saturated rings. The molecular weight excluding hydrogens is 196 g/mol. The van der Waals surface area contributed by atoms with Crippen LogP contribution in [0.15, 0.2) is 0 Å². The first-order valence-electron chi connectivity index (χ1n) is 4.85. The summed E-state index contributed by atoms with van der Waals surface area (Å²) >= 11 is 1.50. The minimum absolute atomic E-state index is 0.757. The molecule has 0 aromatic carbocycles. The predicted octanol–water partition coefficient (Wildman–Crippen LogP) is 2.11. The van der Waals surface area contributed by atoms with E-state index in [2.05, 4.69) is 23.7 Å². The maximum Gasteiger partial charge on any atom is 0.161 e. The summed E-state index contributed by atoms with van der Waals surface area (Å²) < 4.78 is 0. The van der Waals surface area contributed by atoms with Crippen molar-refractivity contribution in [1.29, 1.82) is 0 Å².